The van der Waals surface area contributed by atoms with Gasteiger partial charge in [0.25, 0.3) is 0 Å². The quantitative estimate of drug-likeness (QED) is 0.247. The van der Waals surface area contributed by atoms with Gasteiger partial charge < -0.3 is 10.2 Å². The molecule has 1 aliphatic carbocycles. The third kappa shape index (κ3) is 12.0. The van der Waals surface area contributed by atoms with Gasteiger partial charge in [-0.3, -0.25) is 0 Å². The number of nitrogens with one attached hydrogen (secondary N) is 1. The van der Waals surface area contributed by atoms with Crippen LogP contribution >= 0.6 is 0 Å². The summed E-state index contributed by atoms with van der Waals surface area (Å²) < 4.78 is 0. The topological polar surface area (TPSA) is 15.3 Å². The third-order valence-electron chi connectivity index (χ3n) is 6.15. The molecule has 1 N–H and O–H groups in total. The predicted octanol–water partition coefficient (Wildman–Crippen LogP) is 8.12. The Hall–Kier alpha value is -2.66. The van der Waals surface area contributed by atoms with Crippen LogP contribution in [0.15, 0.2) is 83.8 Å². The first kappa shape index (κ1) is 29.4. The maximum Gasteiger partial charge on any atom is 0.0487 e. The number of allylic oxidation sites excluding steroid dienone is 8. The summed E-state index contributed by atoms with van der Waals surface area (Å²) in [6.07, 6.45) is 20.0. The van der Waals surface area contributed by atoms with Gasteiger partial charge in [0.1, 0.15) is 0 Å². The van der Waals surface area contributed by atoms with E-state index in [9.17, 15) is 0 Å². The fraction of sp³-hybridized carbons (Fsp3) is 0.500. The summed E-state index contributed by atoms with van der Waals surface area (Å²) in [6, 6.07) is 0. The molecule has 2 heteroatoms. The molecule has 2 nitrogen and oxygen atoms in total. The minimum atomic E-state index is 0.202. The highest BCUT2D eigenvalue weighted by molar-refractivity contribution is 5.33. The SMILES string of the molecule is C=CC(C/C(C)=C/CC#CCC(NCC1=CC=CCCC(C(C)(C)C)=C1)=C(C)C)CN(C)C=C. The van der Waals surface area contributed by atoms with E-state index in [4.69, 9.17) is 0 Å². The summed E-state index contributed by atoms with van der Waals surface area (Å²) in [5.74, 6) is 7.14. The lowest BCUT2D eigenvalue weighted by atomic mass is 9.82. The van der Waals surface area contributed by atoms with Gasteiger partial charge >= 0.3 is 0 Å². The number of rotatable bonds is 11. The Bertz CT molecular complexity index is 884. The zero-order valence-electron chi connectivity index (χ0n) is 22.9. The lowest BCUT2D eigenvalue weighted by Crippen LogP contribution is -2.19. The second-order valence-electron chi connectivity index (χ2n) is 10.6. The molecule has 0 heterocycles. The molecule has 0 bridgehead atoms. The van der Waals surface area contributed by atoms with Crippen LogP contribution in [0.4, 0.5) is 0 Å². The van der Waals surface area contributed by atoms with Crippen LogP contribution < -0.4 is 5.32 Å². The third-order valence-corrected chi connectivity index (χ3v) is 6.15. The average molecular weight is 461 g/mol. The van der Waals surface area contributed by atoms with Gasteiger partial charge in [-0.2, -0.15) is 0 Å². The lowest BCUT2D eigenvalue weighted by molar-refractivity contribution is 0.394. The standard InChI is InChI=1S/C32H48N2/c1-10-28(25-34(9)11-2)22-27(5)18-14-12-17-21-31(26(3)4)33-24-29-19-15-13-16-20-30(23-29)32(6,7)8/h10-11,13,15,18-19,23,28,33H,1-2,14,16,20-22,24-25H2,3-9H3/b15-13?,27-18+,29-19?,30-23?. The minimum Gasteiger partial charge on any atom is -0.384 e. The fourth-order valence-corrected chi connectivity index (χ4v) is 3.81. The van der Waals surface area contributed by atoms with E-state index in [1.54, 1.807) is 0 Å². The largest absolute Gasteiger partial charge is 0.384 e. The number of hydrogen-bond donors (Lipinski definition) is 1. The van der Waals surface area contributed by atoms with Crippen LogP contribution in [0.25, 0.3) is 0 Å². The maximum absolute atomic E-state index is 3.98. The number of nitrogens with zero attached hydrogens (tertiary/aromatic N) is 1. The van der Waals surface area contributed by atoms with E-state index >= 15 is 0 Å². The van der Waals surface area contributed by atoms with E-state index in [-0.39, 0.29) is 5.41 Å². The Morgan fingerprint density at radius 2 is 1.94 bits per heavy atom. The Morgan fingerprint density at radius 1 is 1.21 bits per heavy atom. The highest BCUT2D eigenvalue weighted by Gasteiger charge is 2.17. The minimum absolute atomic E-state index is 0.202. The zero-order chi connectivity index (χ0) is 25.6. The molecule has 0 aromatic heterocycles. The van der Waals surface area contributed by atoms with Crippen molar-refractivity contribution in [3.05, 3.63) is 83.8 Å². The summed E-state index contributed by atoms with van der Waals surface area (Å²) in [4.78, 5) is 2.11. The first-order valence-electron chi connectivity index (χ1n) is 12.6. The summed E-state index contributed by atoms with van der Waals surface area (Å²) in [5.41, 5.74) is 6.93. The molecular weight excluding hydrogens is 412 g/mol. The van der Waals surface area contributed by atoms with Crippen LogP contribution in [0.1, 0.15) is 73.6 Å². The average Bonchev–Trinajstić information content (AvgIpc) is 2.74. The Morgan fingerprint density at radius 3 is 2.56 bits per heavy atom. The smallest absolute Gasteiger partial charge is 0.0487 e. The Balaban J connectivity index is 2.68. The van der Waals surface area contributed by atoms with Gasteiger partial charge in [-0.25, -0.2) is 0 Å². The van der Waals surface area contributed by atoms with Gasteiger partial charge in [0, 0.05) is 38.7 Å². The molecule has 0 amide bonds. The van der Waals surface area contributed by atoms with Gasteiger partial charge in [0.2, 0.25) is 0 Å². The molecule has 1 aliphatic rings. The molecule has 1 rings (SSSR count). The lowest BCUT2D eigenvalue weighted by Gasteiger charge is -2.24. The number of hydrogen-bond acceptors (Lipinski definition) is 2. The molecule has 1 atom stereocenters. The van der Waals surface area contributed by atoms with Crippen molar-refractivity contribution in [1.82, 2.24) is 10.2 Å². The molecule has 186 valence electrons. The van der Waals surface area contributed by atoms with E-state index in [0.717, 1.165) is 45.2 Å². The summed E-state index contributed by atoms with van der Waals surface area (Å²) in [5, 5.41) is 3.66. The van der Waals surface area contributed by atoms with E-state index < -0.39 is 0 Å². The highest BCUT2D eigenvalue weighted by atomic mass is 15.1. The van der Waals surface area contributed by atoms with Crippen molar-refractivity contribution in [3.8, 4) is 11.8 Å². The van der Waals surface area contributed by atoms with Crippen LogP contribution in [0.3, 0.4) is 0 Å². The van der Waals surface area contributed by atoms with Gasteiger partial charge in [0.15, 0.2) is 0 Å². The van der Waals surface area contributed by atoms with Crippen molar-refractivity contribution in [2.24, 2.45) is 11.3 Å². The Kier molecular flexibility index (Phi) is 13.2. The van der Waals surface area contributed by atoms with Gasteiger partial charge in [-0.05, 0) is 63.1 Å². The molecule has 0 fully saturated rings. The van der Waals surface area contributed by atoms with Gasteiger partial charge in [0.05, 0.1) is 0 Å². The van der Waals surface area contributed by atoms with Crippen molar-refractivity contribution in [2.45, 2.75) is 73.6 Å². The second-order valence-corrected chi connectivity index (χ2v) is 10.6. The van der Waals surface area contributed by atoms with Crippen LogP contribution in [0.5, 0.6) is 0 Å². The van der Waals surface area contributed by atoms with Crippen molar-refractivity contribution < 1.29 is 0 Å². The monoisotopic (exact) mass is 460 g/mol. The molecule has 0 saturated carbocycles. The molecule has 34 heavy (non-hydrogen) atoms. The first-order valence-corrected chi connectivity index (χ1v) is 12.6. The second kappa shape index (κ2) is 15.3. The van der Waals surface area contributed by atoms with Crippen molar-refractivity contribution in [1.29, 1.82) is 0 Å². The zero-order valence-corrected chi connectivity index (χ0v) is 22.9. The van der Waals surface area contributed by atoms with Crippen molar-refractivity contribution >= 4 is 0 Å². The molecule has 0 aromatic rings. The van der Waals surface area contributed by atoms with Crippen LogP contribution in [0, 0.1) is 23.2 Å². The molecule has 0 radical (unpaired) electrons. The molecule has 0 aliphatic heterocycles. The maximum atomic E-state index is 3.98. The fourth-order valence-electron chi connectivity index (χ4n) is 3.81. The van der Waals surface area contributed by atoms with Crippen LogP contribution in [0.2, 0.25) is 0 Å². The van der Waals surface area contributed by atoms with E-state index in [0.29, 0.717) is 5.92 Å². The van der Waals surface area contributed by atoms with Crippen molar-refractivity contribution in [3.63, 3.8) is 0 Å². The molecular formula is C32H48N2. The normalized spacial score (nSPS) is 15.0. The van der Waals surface area contributed by atoms with Crippen molar-refractivity contribution in [2.75, 3.05) is 20.1 Å². The molecule has 0 spiro atoms. The summed E-state index contributed by atoms with van der Waals surface area (Å²) >= 11 is 0. The first-order chi connectivity index (χ1) is 16.1. The van der Waals surface area contributed by atoms with Gasteiger partial charge in [-0.15, -0.1) is 6.58 Å². The van der Waals surface area contributed by atoms with Crippen LogP contribution in [-0.2, 0) is 0 Å². The summed E-state index contributed by atoms with van der Waals surface area (Å²) in [6.45, 7) is 23.0. The van der Waals surface area contributed by atoms with E-state index in [2.05, 4.69) is 107 Å². The van der Waals surface area contributed by atoms with Gasteiger partial charge in [-0.1, -0.05) is 92.4 Å². The predicted molar refractivity (Wildman–Crippen MR) is 152 cm³/mol. The van der Waals surface area contributed by atoms with Crippen LogP contribution in [-0.4, -0.2) is 25.0 Å². The Labute approximate surface area is 211 Å². The highest BCUT2D eigenvalue weighted by Crippen LogP contribution is 2.31. The molecule has 0 aromatic carbocycles. The van der Waals surface area contributed by atoms with E-state index in [1.807, 2.05) is 19.3 Å². The molecule has 1 unspecified atom stereocenters. The van der Waals surface area contributed by atoms with E-state index in [1.165, 1.54) is 28.0 Å². The molecule has 0 saturated heterocycles. The summed E-state index contributed by atoms with van der Waals surface area (Å²) in [7, 11) is 2.05.